The molecule has 3 heterocycles. The van der Waals surface area contributed by atoms with Crippen LogP contribution in [0.4, 0.5) is 0 Å². The summed E-state index contributed by atoms with van der Waals surface area (Å²) >= 11 is 1.52. The van der Waals surface area contributed by atoms with Crippen molar-refractivity contribution in [3.63, 3.8) is 0 Å². The first kappa shape index (κ1) is 29.8. The molecule has 1 unspecified atom stereocenters. The topological polar surface area (TPSA) is 108 Å². The molecule has 0 spiro atoms. The quantitative estimate of drug-likeness (QED) is 0.501. The lowest BCUT2D eigenvalue weighted by Crippen LogP contribution is -2.50. The monoisotopic (exact) mass is 592 g/mol. The molecule has 0 fully saturated rings. The lowest BCUT2D eigenvalue weighted by atomic mass is 9.89. The summed E-state index contributed by atoms with van der Waals surface area (Å²) in [5, 5.41) is 10.2. The lowest BCUT2D eigenvalue weighted by molar-refractivity contribution is -0.134. The molecule has 11 heteroatoms. The molecule has 1 aliphatic heterocycles. The normalized spacial score (nSPS) is 19.1. The van der Waals surface area contributed by atoms with Crippen LogP contribution < -0.4 is 5.32 Å². The van der Waals surface area contributed by atoms with Crippen molar-refractivity contribution < 1.29 is 19.2 Å². The minimum atomic E-state index is -0.297. The van der Waals surface area contributed by atoms with Crippen molar-refractivity contribution in [1.29, 1.82) is 0 Å². The van der Waals surface area contributed by atoms with Gasteiger partial charge < -0.3 is 20.0 Å². The third kappa shape index (κ3) is 6.21. The van der Waals surface area contributed by atoms with Gasteiger partial charge in [0.05, 0.1) is 12.1 Å². The second-order valence-corrected chi connectivity index (χ2v) is 12.7. The molecule has 5 rings (SSSR count). The van der Waals surface area contributed by atoms with Crippen LogP contribution in [-0.4, -0.2) is 93.9 Å². The highest BCUT2D eigenvalue weighted by Gasteiger charge is 2.35. The van der Waals surface area contributed by atoms with E-state index in [1.54, 1.807) is 16.6 Å². The van der Waals surface area contributed by atoms with E-state index >= 15 is 0 Å². The minimum Gasteiger partial charge on any atom is -0.354 e. The van der Waals surface area contributed by atoms with Gasteiger partial charge in [-0.05, 0) is 44.1 Å². The third-order valence-corrected chi connectivity index (χ3v) is 9.28. The number of aromatic nitrogens is 2. The number of nitrogens with zero attached hydrogens (tertiary/aromatic N) is 5. The molecule has 1 atom stereocenters. The van der Waals surface area contributed by atoms with Crippen LogP contribution in [0.5, 0.6) is 0 Å². The van der Waals surface area contributed by atoms with Crippen LogP contribution >= 0.6 is 11.3 Å². The summed E-state index contributed by atoms with van der Waals surface area (Å²) in [4.78, 5) is 59.1. The van der Waals surface area contributed by atoms with E-state index in [1.807, 2.05) is 41.6 Å². The summed E-state index contributed by atoms with van der Waals surface area (Å²) in [5.74, 6) is -0.447. The van der Waals surface area contributed by atoms with E-state index in [1.165, 1.54) is 16.2 Å². The fraction of sp³-hybridized carbons (Fsp3) is 0.516. The third-order valence-electron chi connectivity index (χ3n) is 8.32. The Balaban J connectivity index is 1.49. The van der Waals surface area contributed by atoms with Crippen LogP contribution in [-0.2, 0) is 29.5 Å². The molecule has 224 valence electrons. The highest BCUT2D eigenvalue weighted by Crippen LogP contribution is 2.30. The van der Waals surface area contributed by atoms with Crippen molar-refractivity contribution in [1.82, 2.24) is 29.8 Å². The van der Waals surface area contributed by atoms with Gasteiger partial charge in [0.25, 0.3) is 11.8 Å². The van der Waals surface area contributed by atoms with Gasteiger partial charge in [-0.15, -0.1) is 11.3 Å². The summed E-state index contributed by atoms with van der Waals surface area (Å²) in [7, 11) is 3.45. The number of carbonyl (C=O) groups is 4. The molecule has 1 N–H and O–H groups in total. The van der Waals surface area contributed by atoms with Crippen molar-refractivity contribution in [2.45, 2.75) is 52.0 Å². The molecular weight excluding hydrogens is 552 g/mol. The van der Waals surface area contributed by atoms with E-state index in [0.29, 0.717) is 56.1 Å². The van der Waals surface area contributed by atoms with Gasteiger partial charge in [-0.25, -0.2) is 0 Å². The maximum Gasteiger partial charge on any atom is 0.274 e. The van der Waals surface area contributed by atoms with Gasteiger partial charge >= 0.3 is 0 Å². The number of hydrogen-bond donors (Lipinski definition) is 1. The Hall–Kier alpha value is -3.73. The van der Waals surface area contributed by atoms with Gasteiger partial charge in [-0.1, -0.05) is 32.0 Å². The van der Waals surface area contributed by atoms with Crippen LogP contribution in [0.25, 0.3) is 10.1 Å². The van der Waals surface area contributed by atoms with Crippen LogP contribution in [0.3, 0.4) is 0 Å². The summed E-state index contributed by atoms with van der Waals surface area (Å²) in [5.41, 5.74) is 2.78. The summed E-state index contributed by atoms with van der Waals surface area (Å²) < 4.78 is 2.78. The highest BCUT2D eigenvalue weighted by molar-refractivity contribution is 7.17. The molecule has 10 nitrogen and oxygen atoms in total. The van der Waals surface area contributed by atoms with Crippen molar-refractivity contribution in [2.75, 3.05) is 39.8 Å². The number of amides is 4. The predicted molar refractivity (Wildman–Crippen MR) is 163 cm³/mol. The Morgan fingerprint density at radius 2 is 1.93 bits per heavy atom. The van der Waals surface area contributed by atoms with Gasteiger partial charge in [-0.3, -0.25) is 23.9 Å². The fourth-order valence-electron chi connectivity index (χ4n) is 5.96. The first-order chi connectivity index (χ1) is 20.1. The fourth-order valence-corrected chi connectivity index (χ4v) is 6.89. The number of hydrogen-bond acceptors (Lipinski definition) is 6. The standard InChI is InChI=1S/C31H40N6O4S/c1-20(2)12-15-37-21-10-11-25-23(16-21)29(33-35(25)4)31(41)34(3)17-27(38)32-13-7-14-36(18-28(37)39)30(40)24-19-42-26-9-6-5-8-22(24)26/h5-6,8-9,19-21H,7,10-18H2,1-4H3,(H,32,38). The maximum absolute atomic E-state index is 14.1. The number of likely N-dealkylation sites (N-methyl/N-ethyl adjacent to an activating group) is 1. The van der Waals surface area contributed by atoms with Crippen molar-refractivity contribution in [2.24, 2.45) is 13.0 Å². The van der Waals surface area contributed by atoms with Crippen molar-refractivity contribution in [3.8, 4) is 0 Å². The Labute approximate surface area is 250 Å². The molecule has 42 heavy (non-hydrogen) atoms. The Kier molecular flexibility index (Phi) is 8.96. The molecule has 0 radical (unpaired) electrons. The number of fused-ring (bicyclic) bond motifs is 2. The van der Waals surface area contributed by atoms with Crippen LogP contribution in [0.2, 0.25) is 0 Å². The summed E-state index contributed by atoms with van der Waals surface area (Å²) in [6, 6.07) is 7.69. The van der Waals surface area contributed by atoms with Crippen LogP contribution in [0, 0.1) is 5.92 Å². The van der Waals surface area contributed by atoms with Crippen molar-refractivity contribution in [3.05, 3.63) is 52.2 Å². The van der Waals surface area contributed by atoms with E-state index < -0.39 is 0 Å². The van der Waals surface area contributed by atoms with Crippen molar-refractivity contribution >= 4 is 45.1 Å². The smallest absolute Gasteiger partial charge is 0.274 e. The maximum atomic E-state index is 14.1. The second kappa shape index (κ2) is 12.6. The first-order valence-electron chi connectivity index (χ1n) is 14.8. The van der Waals surface area contributed by atoms with Gasteiger partial charge in [0.15, 0.2) is 5.69 Å². The molecule has 4 amide bonds. The molecule has 2 bridgehead atoms. The average Bonchev–Trinajstić information content (AvgIpc) is 3.54. The van der Waals surface area contributed by atoms with Crippen LogP contribution in [0.1, 0.15) is 65.2 Å². The zero-order valence-electron chi connectivity index (χ0n) is 24.9. The number of nitrogens with one attached hydrogen (secondary N) is 1. The highest BCUT2D eigenvalue weighted by atomic mass is 32.1. The molecule has 0 saturated carbocycles. The molecular formula is C31H40N6O4S. The van der Waals surface area contributed by atoms with Gasteiger partial charge in [-0.2, -0.15) is 5.10 Å². The Morgan fingerprint density at radius 3 is 2.71 bits per heavy atom. The molecule has 2 aromatic heterocycles. The van der Waals surface area contributed by atoms with Gasteiger partial charge in [0, 0.05) is 66.5 Å². The largest absolute Gasteiger partial charge is 0.354 e. The molecule has 3 aromatic rings. The molecule has 1 aromatic carbocycles. The number of thiophene rings is 1. The predicted octanol–water partition coefficient (Wildman–Crippen LogP) is 3.10. The molecule has 0 saturated heterocycles. The average molecular weight is 593 g/mol. The van der Waals surface area contributed by atoms with E-state index in [2.05, 4.69) is 24.3 Å². The van der Waals surface area contributed by atoms with E-state index in [4.69, 9.17) is 0 Å². The molecule has 2 aliphatic rings. The second-order valence-electron chi connectivity index (χ2n) is 11.8. The Bertz CT molecular complexity index is 1490. The van der Waals surface area contributed by atoms with Gasteiger partial charge in [0.1, 0.15) is 6.54 Å². The van der Waals surface area contributed by atoms with E-state index in [-0.39, 0.29) is 42.8 Å². The SMILES string of the molecule is CC(C)CCN1C(=O)CN(C(=O)c2csc3ccccc23)CCCNC(=O)CN(C)C(=O)c2nn(C)c3c2CC1CC3. The minimum absolute atomic E-state index is 0.0417. The molecule has 1 aliphatic carbocycles. The van der Waals surface area contributed by atoms with E-state index in [0.717, 1.165) is 34.2 Å². The number of rotatable bonds is 4. The number of benzene rings is 1. The van der Waals surface area contributed by atoms with E-state index in [9.17, 15) is 19.2 Å². The Morgan fingerprint density at radius 1 is 1.14 bits per heavy atom. The number of aryl methyl sites for hydroxylation is 1. The zero-order valence-corrected chi connectivity index (χ0v) is 25.7. The lowest BCUT2D eigenvalue weighted by Gasteiger charge is -2.36. The zero-order chi connectivity index (χ0) is 30.0. The summed E-state index contributed by atoms with van der Waals surface area (Å²) in [6.45, 7) is 5.38. The number of carbonyl (C=O) groups excluding carboxylic acids is 4. The van der Waals surface area contributed by atoms with Gasteiger partial charge in [0.2, 0.25) is 11.8 Å². The van der Waals surface area contributed by atoms with Crippen LogP contribution in [0.15, 0.2) is 29.6 Å². The first-order valence-corrected chi connectivity index (χ1v) is 15.6. The summed E-state index contributed by atoms with van der Waals surface area (Å²) in [6.07, 6.45) is 3.28.